The van der Waals surface area contributed by atoms with E-state index in [9.17, 15) is 9.90 Å². The van der Waals surface area contributed by atoms with Gasteiger partial charge in [0.2, 0.25) is 0 Å². The van der Waals surface area contributed by atoms with Crippen LogP contribution in [0.2, 0.25) is 0 Å². The minimum Gasteiger partial charge on any atom is -0.396 e. The molecule has 1 aromatic rings. The second kappa shape index (κ2) is 6.05. The molecule has 0 spiro atoms. The van der Waals surface area contributed by atoms with Crippen LogP contribution >= 0.6 is 0 Å². The first-order chi connectivity index (χ1) is 9.87. The van der Waals surface area contributed by atoms with E-state index in [0.29, 0.717) is 0 Å². The summed E-state index contributed by atoms with van der Waals surface area (Å²) in [5.74, 6) is 0.723. The molecule has 0 aliphatic heterocycles. The number of rotatable bonds is 4. The Morgan fingerprint density at radius 1 is 1.57 bits per heavy atom. The van der Waals surface area contributed by atoms with Gasteiger partial charge in [0.25, 0.3) is 0 Å². The van der Waals surface area contributed by atoms with Crippen molar-refractivity contribution in [3.05, 3.63) is 17.0 Å². The highest BCUT2D eigenvalue weighted by molar-refractivity contribution is 5.75. The van der Waals surface area contributed by atoms with Gasteiger partial charge in [-0.1, -0.05) is 18.5 Å². The molecule has 1 saturated carbocycles. The molecule has 118 valence electrons. The van der Waals surface area contributed by atoms with Crippen LogP contribution in [0.3, 0.4) is 0 Å². The van der Waals surface area contributed by atoms with Crippen LogP contribution < -0.4 is 10.6 Å². The fourth-order valence-corrected chi connectivity index (χ4v) is 3.25. The lowest BCUT2D eigenvalue weighted by Crippen LogP contribution is -2.49. The van der Waals surface area contributed by atoms with Crippen molar-refractivity contribution in [2.75, 3.05) is 6.61 Å². The minimum absolute atomic E-state index is 0.0133. The predicted octanol–water partition coefficient (Wildman–Crippen LogP) is 2.20. The Morgan fingerprint density at radius 3 is 2.86 bits per heavy atom. The molecule has 0 saturated heterocycles. The van der Waals surface area contributed by atoms with Gasteiger partial charge >= 0.3 is 6.03 Å². The Kier molecular flexibility index (Phi) is 4.56. The largest absolute Gasteiger partial charge is 0.396 e. The second-order valence-corrected chi connectivity index (χ2v) is 6.33. The molecule has 6 nitrogen and oxygen atoms in total. The lowest BCUT2D eigenvalue weighted by molar-refractivity contribution is 0.121. The standard InChI is InChI=1S/C15H25N3O3/c1-9(13-10(2)18-21-11(13)3)16-14(20)17-12-6-5-7-15(12,4)8-19/h9,12,19H,5-8H2,1-4H3,(H2,16,17,20). The highest BCUT2D eigenvalue weighted by atomic mass is 16.5. The van der Waals surface area contributed by atoms with Crippen molar-refractivity contribution in [2.45, 2.75) is 59.0 Å². The molecule has 3 atom stereocenters. The molecule has 0 aromatic carbocycles. The summed E-state index contributed by atoms with van der Waals surface area (Å²) >= 11 is 0. The average Bonchev–Trinajstić information content (AvgIpc) is 2.94. The van der Waals surface area contributed by atoms with Crippen molar-refractivity contribution in [1.82, 2.24) is 15.8 Å². The zero-order valence-electron chi connectivity index (χ0n) is 13.2. The van der Waals surface area contributed by atoms with Gasteiger partial charge in [-0.15, -0.1) is 0 Å². The maximum atomic E-state index is 12.2. The lowest BCUT2D eigenvalue weighted by Gasteiger charge is -2.30. The van der Waals surface area contributed by atoms with Gasteiger partial charge in [0, 0.05) is 17.0 Å². The quantitative estimate of drug-likeness (QED) is 0.794. The second-order valence-electron chi connectivity index (χ2n) is 6.33. The van der Waals surface area contributed by atoms with Crippen LogP contribution in [0.5, 0.6) is 0 Å². The maximum absolute atomic E-state index is 12.2. The van der Waals surface area contributed by atoms with Crippen molar-refractivity contribution in [1.29, 1.82) is 0 Å². The first-order valence-corrected chi connectivity index (χ1v) is 7.48. The summed E-state index contributed by atoms with van der Waals surface area (Å²) in [6.07, 6.45) is 2.87. The number of aliphatic hydroxyl groups excluding tert-OH is 1. The monoisotopic (exact) mass is 295 g/mol. The molecule has 1 aliphatic rings. The van der Waals surface area contributed by atoms with Gasteiger partial charge in [0.15, 0.2) is 0 Å². The molecule has 1 fully saturated rings. The molecule has 0 radical (unpaired) electrons. The third kappa shape index (κ3) is 3.20. The van der Waals surface area contributed by atoms with E-state index < -0.39 is 0 Å². The summed E-state index contributed by atoms with van der Waals surface area (Å²) in [6, 6.07) is -0.369. The third-order valence-electron chi connectivity index (χ3n) is 4.62. The summed E-state index contributed by atoms with van der Waals surface area (Å²) in [5.41, 5.74) is 1.49. The number of nitrogens with one attached hydrogen (secondary N) is 2. The van der Waals surface area contributed by atoms with E-state index in [2.05, 4.69) is 15.8 Å². The van der Waals surface area contributed by atoms with Crippen LogP contribution in [0.4, 0.5) is 4.79 Å². The van der Waals surface area contributed by atoms with E-state index in [1.807, 2.05) is 27.7 Å². The van der Waals surface area contributed by atoms with Crippen LogP contribution in [0, 0.1) is 19.3 Å². The number of aliphatic hydroxyl groups is 1. The van der Waals surface area contributed by atoms with Crippen molar-refractivity contribution in [2.24, 2.45) is 5.41 Å². The number of amides is 2. The number of aryl methyl sites for hydroxylation is 2. The Bertz CT molecular complexity index is 495. The number of hydrogen-bond acceptors (Lipinski definition) is 4. The van der Waals surface area contributed by atoms with Gasteiger partial charge in [-0.25, -0.2) is 4.79 Å². The fourth-order valence-electron chi connectivity index (χ4n) is 3.25. The SMILES string of the molecule is Cc1noc(C)c1C(C)NC(=O)NC1CCCC1(C)CO. The number of carbonyl (C=O) groups excluding carboxylic acids is 1. The molecule has 3 N–H and O–H groups in total. The summed E-state index contributed by atoms with van der Waals surface area (Å²) in [6.45, 7) is 7.72. The zero-order chi connectivity index (χ0) is 15.6. The van der Waals surface area contributed by atoms with Gasteiger partial charge in [-0.3, -0.25) is 0 Å². The Labute approximate surface area is 125 Å². The fraction of sp³-hybridized carbons (Fsp3) is 0.733. The Hall–Kier alpha value is -1.56. The van der Waals surface area contributed by atoms with Gasteiger partial charge in [-0.05, 0) is 33.6 Å². The van der Waals surface area contributed by atoms with Crippen molar-refractivity contribution < 1.29 is 14.4 Å². The van der Waals surface area contributed by atoms with E-state index in [1.165, 1.54) is 0 Å². The van der Waals surface area contributed by atoms with Gasteiger partial charge < -0.3 is 20.3 Å². The summed E-state index contributed by atoms with van der Waals surface area (Å²) in [7, 11) is 0. The van der Waals surface area contributed by atoms with E-state index in [4.69, 9.17) is 4.52 Å². The number of carbonyl (C=O) groups is 1. The Balaban J connectivity index is 1.96. The highest BCUT2D eigenvalue weighted by Crippen LogP contribution is 2.37. The molecule has 1 aliphatic carbocycles. The van der Waals surface area contributed by atoms with Crippen LogP contribution in [0.15, 0.2) is 4.52 Å². The van der Waals surface area contributed by atoms with Crippen molar-refractivity contribution in [3.63, 3.8) is 0 Å². The predicted molar refractivity (Wildman–Crippen MR) is 78.9 cm³/mol. The number of urea groups is 1. The van der Waals surface area contributed by atoms with E-state index in [0.717, 1.165) is 36.3 Å². The summed E-state index contributed by atoms with van der Waals surface area (Å²) in [5, 5.41) is 19.3. The molecular formula is C15H25N3O3. The van der Waals surface area contributed by atoms with Gasteiger partial charge in [0.05, 0.1) is 18.3 Å². The topological polar surface area (TPSA) is 87.4 Å². The van der Waals surface area contributed by atoms with Crippen molar-refractivity contribution in [3.8, 4) is 0 Å². The number of hydrogen-bond donors (Lipinski definition) is 3. The molecule has 0 bridgehead atoms. The normalized spacial score (nSPS) is 26.6. The molecular weight excluding hydrogens is 270 g/mol. The lowest BCUT2D eigenvalue weighted by atomic mass is 9.86. The Morgan fingerprint density at radius 2 is 2.29 bits per heavy atom. The van der Waals surface area contributed by atoms with Crippen LogP contribution in [0.25, 0.3) is 0 Å². The molecule has 3 unspecified atom stereocenters. The maximum Gasteiger partial charge on any atom is 0.315 e. The smallest absolute Gasteiger partial charge is 0.315 e. The van der Waals surface area contributed by atoms with E-state index in [-0.39, 0.29) is 30.1 Å². The van der Waals surface area contributed by atoms with Crippen LogP contribution in [0.1, 0.15) is 56.2 Å². The molecule has 21 heavy (non-hydrogen) atoms. The number of nitrogens with zero attached hydrogens (tertiary/aromatic N) is 1. The summed E-state index contributed by atoms with van der Waals surface area (Å²) < 4.78 is 5.13. The first-order valence-electron chi connectivity index (χ1n) is 7.48. The van der Waals surface area contributed by atoms with Gasteiger partial charge in [0.1, 0.15) is 5.76 Å². The average molecular weight is 295 g/mol. The molecule has 2 rings (SSSR count). The first kappa shape index (κ1) is 15.8. The van der Waals surface area contributed by atoms with Crippen LogP contribution in [-0.2, 0) is 0 Å². The molecule has 1 aromatic heterocycles. The highest BCUT2D eigenvalue weighted by Gasteiger charge is 2.39. The number of aromatic nitrogens is 1. The minimum atomic E-state index is -0.219. The molecule has 6 heteroatoms. The van der Waals surface area contributed by atoms with E-state index in [1.54, 1.807) is 0 Å². The molecule has 2 amide bonds. The van der Waals surface area contributed by atoms with Gasteiger partial charge in [-0.2, -0.15) is 0 Å². The summed E-state index contributed by atoms with van der Waals surface area (Å²) in [4.78, 5) is 12.2. The zero-order valence-corrected chi connectivity index (χ0v) is 13.2. The van der Waals surface area contributed by atoms with Crippen LogP contribution in [-0.4, -0.2) is 28.9 Å². The third-order valence-corrected chi connectivity index (χ3v) is 4.62. The van der Waals surface area contributed by atoms with Crippen molar-refractivity contribution >= 4 is 6.03 Å². The van der Waals surface area contributed by atoms with E-state index >= 15 is 0 Å². The molecule has 1 heterocycles.